The van der Waals surface area contributed by atoms with Crippen molar-refractivity contribution in [1.82, 2.24) is 10.2 Å². The molecule has 0 radical (unpaired) electrons. The van der Waals surface area contributed by atoms with E-state index in [9.17, 15) is 9.18 Å². The maximum Gasteiger partial charge on any atom is 0.251 e. The monoisotopic (exact) mass is 268 g/mol. The van der Waals surface area contributed by atoms with Gasteiger partial charge in [0.25, 0.3) is 5.91 Å². The topological polar surface area (TPSA) is 52.6 Å². The molecule has 1 rings (SSSR count). The third kappa shape index (κ3) is 4.21. The largest absolute Gasteiger partial charge is 0.505 e. The van der Waals surface area contributed by atoms with Crippen molar-refractivity contribution in [3.8, 4) is 5.75 Å². The lowest BCUT2D eigenvalue weighted by Gasteiger charge is -2.28. The fourth-order valence-electron chi connectivity index (χ4n) is 1.96. The van der Waals surface area contributed by atoms with Crippen LogP contribution >= 0.6 is 0 Å². The van der Waals surface area contributed by atoms with Gasteiger partial charge in [-0.25, -0.2) is 4.39 Å². The van der Waals surface area contributed by atoms with Crippen molar-refractivity contribution in [1.29, 1.82) is 0 Å². The zero-order valence-corrected chi connectivity index (χ0v) is 11.8. The average molecular weight is 268 g/mol. The summed E-state index contributed by atoms with van der Waals surface area (Å²) in [5.41, 5.74) is 0.205. The number of nitrogens with one attached hydrogen (secondary N) is 1. The van der Waals surface area contributed by atoms with E-state index in [0.29, 0.717) is 12.5 Å². The summed E-state index contributed by atoms with van der Waals surface area (Å²) in [4.78, 5) is 13.9. The highest BCUT2D eigenvalue weighted by atomic mass is 19.1. The quantitative estimate of drug-likeness (QED) is 0.857. The van der Waals surface area contributed by atoms with Gasteiger partial charge in [-0.3, -0.25) is 4.79 Å². The standard InChI is InChI=1S/C14H21FN2O2/c1-9(2)12(17(3)4)8-16-14(19)10-5-6-13(18)11(15)7-10/h5-7,9,12,18H,8H2,1-4H3,(H,16,19)/t12-/m0/s1. The molecule has 0 aliphatic carbocycles. The molecule has 19 heavy (non-hydrogen) atoms. The van der Waals surface area contributed by atoms with E-state index in [2.05, 4.69) is 19.2 Å². The SMILES string of the molecule is CC(C)[C@H](CNC(=O)c1ccc(O)c(F)c1)N(C)C. The number of carbonyl (C=O) groups is 1. The summed E-state index contributed by atoms with van der Waals surface area (Å²) in [6.45, 7) is 4.65. The van der Waals surface area contributed by atoms with E-state index in [1.807, 2.05) is 19.0 Å². The van der Waals surface area contributed by atoms with Crippen LogP contribution < -0.4 is 5.32 Å². The van der Waals surface area contributed by atoms with E-state index in [0.717, 1.165) is 6.07 Å². The first-order valence-corrected chi connectivity index (χ1v) is 6.26. The molecule has 1 aromatic carbocycles. The predicted octanol–water partition coefficient (Wildman–Crippen LogP) is 1.85. The Morgan fingerprint density at radius 3 is 2.53 bits per heavy atom. The molecule has 4 nitrogen and oxygen atoms in total. The van der Waals surface area contributed by atoms with Gasteiger partial charge in [-0.05, 0) is 38.2 Å². The number of benzene rings is 1. The number of hydrogen-bond donors (Lipinski definition) is 2. The average Bonchev–Trinajstić information content (AvgIpc) is 2.31. The second-order valence-corrected chi connectivity index (χ2v) is 5.15. The molecule has 0 unspecified atom stereocenters. The number of carbonyl (C=O) groups excluding carboxylic acids is 1. The minimum atomic E-state index is -0.791. The Labute approximate surface area is 113 Å². The molecule has 0 saturated heterocycles. The van der Waals surface area contributed by atoms with Gasteiger partial charge < -0.3 is 15.3 Å². The van der Waals surface area contributed by atoms with Crippen molar-refractivity contribution in [2.75, 3.05) is 20.6 Å². The molecule has 0 spiro atoms. The molecule has 5 heteroatoms. The summed E-state index contributed by atoms with van der Waals surface area (Å²) in [6, 6.07) is 3.82. The van der Waals surface area contributed by atoms with Crippen LogP contribution in [0.25, 0.3) is 0 Å². The molecular formula is C14H21FN2O2. The number of phenols is 1. The third-order valence-corrected chi connectivity index (χ3v) is 3.11. The highest BCUT2D eigenvalue weighted by molar-refractivity contribution is 5.94. The third-order valence-electron chi connectivity index (χ3n) is 3.11. The second-order valence-electron chi connectivity index (χ2n) is 5.15. The van der Waals surface area contributed by atoms with Crippen LogP contribution in [0.2, 0.25) is 0 Å². The smallest absolute Gasteiger partial charge is 0.251 e. The number of likely N-dealkylation sites (N-methyl/N-ethyl adjacent to an activating group) is 1. The van der Waals surface area contributed by atoms with E-state index in [1.165, 1.54) is 12.1 Å². The van der Waals surface area contributed by atoms with E-state index in [4.69, 9.17) is 5.11 Å². The molecule has 1 aromatic rings. The first-order valence-electron chi connectivity index (χ1n) is 6.26. The van der Waals surface area contributed by atoms with Crippen LogP contribution in [-0.4, -0.2) is 42.6 Å². The van der Waals surface area contributed by atoms with Crippen LogP contribution in [0.3, 0.4) is 0 Å². The molecular weight excluding hydrogens is 247 g/mol. The zero-order chi connectivity index (χ0) is 14.6. The predicted molar refractivity (Wildman–Crippen MR) is 72.7 cm³/mol. The molecule has 0 heterocycles. The van der Waals surface area contributed by atoms with Gasteiger partial charge in [-0.15, -0.1) is 0 Å². The van der Waals surface area contributed by atoms with Gasteiger partial charge >= 0.3 is 0 Å². The fourth-order valence-corrected chi connectivity index (χ4v) is 1.96. The van der Waals surface area contributed by atoms with Gasteiger partial charge in [-0.2, -0.15) is 0 Å². The van der Waals surface area contributed by atoms with Crippen molar-refractivity contribution in [3.63, 3.8) is 0 Å². The Morgan fingerprint density at radius 1 is 1.42 bits per heavy atom. The Balaban J connectivity index is 2.66. The van der Waals surface area contributed by atoms with Crippen LogP contribution in [-0.2, 0) is 0 Å². The van der Waals surface area contributed by atoms with Crippen molar-refractivity contribution >= 4 is 5.91 Å². The Kier molecular flexibility index (Phi) is 5.30. The van der Waals surface area contributed by atoms with Crippen LogP contribution in [0.4, 0.5) is 4.39 Å². The van der Waals surface area contributed by atoms with Gasteiger partial charge in [0, 0.05) is 18.2 Å². The molecule has 1 atom stereocenters. The van der Waals surface area contributed by atoms with Crippen molar-refractivity contribution in [3.05, 3.63) is 29.6 Å². The van der Waals surface area contributed by atoms with E-state index >= 15 is 0 Å². The summed E-state index contributed by atoms with van der Waals surface area (Å²) in [5, 5.41) is 11.9. The fraction of sp³-hybridized carbons (Fsp3) is 0.500. The zero-order valence-electron chi connectivity index (χ0n) is 11.8. The van der Waals surface area contributed by atoms with E-state index < -0.39 is 11.6 Å². The van der Waals surface area contributed by atoms with Gasteiger partial charge in [-0.1, -0.05) is 13.8 Å². The molecule has 0 fully saturated rings. The van der Waals surface area contributed by atoms with Gasteiger partial charge in [0.2, 0.25) is 0 Å². The molecule has 2 N–H and O–H groups in total. The number of hydrogen-bond acceptors (Lipinski definition) is 3. The molecule has 106 valence electrons. The van der Waals surface area contributed by atoms with E-state index in [-0.39, 0.29) is 17.5 Å². The normalized spacial score (nSPS) is 12.8. The van der Waals surface area contributed by atoms with Crippen LogP contribution in [0, 0.1) is 11.7 Å². The first kappa shape index (κ1) is 15.4. The van der Waals surface area contributed by atoms with Crippen molar-refractivity contribution in [2.24, 2.45) is 5.92 Å². The molecule has 1 amide bonds. The summed E-state index contributed by atoms with van der Waals surface area (Å²) < 4.78 is 13.2. The van der Waals surface area contributed by atoms with Crippen molar-refractivity contribution < 1.29 is 14.3 Å². The number of aromatic hydroxyl groups is 1. The number of phenolic OH excluding ortho intramolecular Hbond substituents is 1. The summed E-state index contributed by atoms with van der Waals surface area (Å²) >= 11 is 0. The lowest BCUT2D eigenvalue weighted by molar-refractivity contribution is 0.0934. The number of rotatable bonds is 5. The van der Waals surface area contributed by atoms with Crippen LogP contribution in [0.15, 0.2) is 18.2 Å². The molecule has 0 saturated carbocycles. The first-order chi connectivity index (χ1) is 8.82. The summed E-state index contributed by atoms with van der Waals surface area (Å²) in [7, 11) is 3.91. The number of nitrogens with zero attached hydrogens (tertiary/aromatic N) is 1. The summed E-state index contributed by atoms with van der Waals surface area (Å²) in [6.07, 6.45) is 0. The molecule has 0 aliphatic heterocycles. The molecule has 0 aromatic heterocycles. The lowest BCUT2D eigenvalue weighted by atomic mass is 10.0. The van der Waals surface area contributed by atoms with Crippen LogP contribution in [0.1, 0.15) is 24.2 Å². The maximum absolute atomic E-state index is 13.2. The van der Waals surface area contributed by atoms with Gasteiger partial charge in [0.05, 0.1) is 0 Å². The van der Waals surface area contributed by atoms with Crippen LogP contribution in [0.5, 0.6) is 5.75 Å². The Hall–Kier alpha value is -1.62. The lowest BCUT2D eigenvalue weighted by Crippen LogP contribution is -2.43. The Morgan fingerprint density at radius 2 is 2.05 bits per heavy atom. The summed E-state index contributed by atoms with van der Waals surface area (Å²) in [5.74, 6) is -1.19. The minimum Gasteiger partial charge on any atom is -0.505 e. The highest BCUT2D eigenvalue weighted by Crippen LogP contribution is 2.16. The van der Waals surface area contributed by atoms with Gasteiger partial charge in [0.15, 0.2) is 11.6 Å². The molecule has 0 aliphatic rings. The Bertz CT molecular complexity index is 439. The van der Waals surface area contributed by atoms with Crippen molar-refractivity contribution in [2.45, 2.75) is 19.9 Å². The van der Waals surface area contributed by atoms with E-state index in [1.54, 1.807) is 0 Å². The molecule has 0 bridgehead atoms. The number of amides is 1. The number of halogens is 1. The van der Waals surface area contributed by atoms with Gasteiger partial charge in [0.1, 0.15) is 0 Å². The highest BCUT2D eigenvalue weighted by Gasteiger charge is 2.17. The minimum absolute atomic E-state index is 0.205. The second kappa shape index (κ2) is 6.52. The maximum atomic E-state index is 13.2.